The first-order chi connectivity index (χ1) is 8.83. The summed E-state index contributed by atoms with van der Waals surface area (Å²) in [6.45, 7) is 7.54. The maximum atomic E-state index is 9.59. The van der Waals surface area contributed by atoms with E-state index in [1.165, 1.54) is 0 Å². The molecule has 4 nitrogen and oxygen atoms in total. The van der Waals surface area contributed by atoms with E-state index < -0.39 is 11.2 Å². The van der Waals surface area contributed by atoms with Gasteiger partial charge in [-0.15, -0.1) is 0 Å². The molecule has 0 spiro atoms. The van der Waals surface area contributed by atoms with Crippen molar-refractivity contribution >= 4 is 0 Å². The molecule has 0 aromatic rings. The van der Waals surface area contributed by atoms with Crippen LogP contribution in [0.5, 0.6) is 0 Å². The van der Waals surface area contributed by atoms with E-state index in [-0.39, 0.29) is 20.0 Å². The molecule has 2 unspecified atom stereocenters. The molecule has 0 heterocycles. The molecule has 0 saturated heterocycles. The van der Waals surface area contributed by atoms with Gasteiger partial charge in [0.05, 0.1) is 0 Å². The maximum absolute atomic E-state index is 9.59. The molecule has 0 rings (SSSR count). The molecule has 0 bridgehead atoms. The Morgan fingerprint density at radius 1 is 0.842 bits per heavy atom. The Bertz CT molecular complexity index is 327. The van der Waals surface area contributed by atoms with Gasteiger partial charge in [-0.25, -0.2) is 0 Å². The van der Waals surface area contributed by atoms with Gasteiger partial charge in [0.1, 0.15) is 31.2 Å². The van der Waals surface area contributed by atoms with Crippen LogP contribution in [0.4, 0.5) is 0 Å². The average molecular weight is 268 g/mol. The third-order valence-electron chi connectivity index (χ3n) is 2.61. The first-order valence-corrected chi connectivity index (χ1v) is 6.43. The summed E-state index contributed by atoms with van der Waals surface area (Å²) in [6.07, 6.45) is 1.15. The summed E-state index contributed by atoms with van der Waals surface area (Å²) in [6, 6.07) is 0. The second-order valence-corrected chi connectivity index (χ2v) is 4.67. The van der Waals surface area contributed by atoms with Gasteiger partial charge in [-0.05, 0) is 26.7 Å². The van der Waals surface area contributed by atoms with Crippen molar-refractivity contribution in [2.24, 2.45) is 0 Å². The average Bonchev–Trinajstić information content (AvgIpc) is 2.36. The highest BCUT2D eigenvalue weighted by molar-refractivity contribution is 5.12. The van der Waals surface area contributed by atoms with E-state index in [4.69, 9.17) is 9.47 Å². The standard InChI is InChI=1S/C15H24O4/c1-5-14(3,16)9-7-11-18-13-19-12-8-10-15(4,17)6-2/h16-17H,5-6,11-13H2,1-4H3. The monoisotopic (exact) mass is 268 g/mol. The lowest BCUT2D eigenvalue weighted by Gasteiger charge is -2.12. The second-order valence-electron chi connectivity index (χ2n) is 4.67. The molecule has 0 amide bonds. The molecule has 0 aliphatic rings. The van der Waals surface area contributed by atoms with E-state index in [2.05, 4.69) is 23.7 Å². The molecular weight excluding hydrogens is 244 g/mol. The van der Waals surface area contributed by atoms with E-state index in [0.717, 1.165) is 0 Å². The van der Waals surface area contributed by atoms with Gasteiger partial charge in [0.15, 0.2) is 0 Å². The van der Waals surface area contributed by atoms with Crippen LogP contribution in [0.3, 0.4) is 0 Å². The third kappa shape index (κ3) is 10.6. The summed E-state index contributed by atoms with van der Waals surface area (Å²) in [5.41, 5.74) is -1.91. The Morgan fingerprint density at radius 2 is 1.21 bits per heavy atom. The fourth-order valence-electron chi connectivity index (χ4n) is 0.874. The minimum Gasteiger partial charge on any atom is -0.378 e. The Labute approximate surface area is 116 Å². The van der Waals surface area contributed by atoms with Crippen LogP contribution < -0.4 is 0 Å². The van der Waals surface area contributed by atoms with Crippen LogP contribution in [0.15, 0.2) is 0 Å². The summed E-state index contributed by atoms with van der Waals surface area (Å²) in [7, 11) is 0. The molecule has 2 atom stereocenters. The van der Waals surface area contributed by atoms with E-state index in [1.54, 1.807) is 13.8 Å². The van der Waals surface area contributed by atoms with Crippen molar-refractivity contribution in [2.45, 2.75) is 51.7 Å². The molecule has 2 N–H and O–H groups in total. The lowest BCUT2D eigenvalue weighted by Crippen LogP contribution is -2.19. The quantitative estimate of drug-likeness (QED) is 0.433. The molecule has 0 fully saturated rings. The number of hydrogen-bond donors (Lipinski definition) is 2. The van der Waals surface area contributed by atoms with Gasteiger partial charge >= 0.3 is 0 Å². The highest BCUT2D eigenvalue weighted by Crippen LogP contribution is 2.05. The van der Waals surface area contributed by atoms with Crippen molar-refractivity contribution in [3.8, 4) is 23.7 Å². The van der Waals surface area contributed by atoms with Crippen LogP contribution in [-0.4, -0.2) is 41.4 Å². The largest absolute Gasteiger partial charge is 0.378 e. The highest BCUT2D eigenvalue weighted by Gasteiger charge is 2.12. The van der Waals surface area contributed by atoms with Gasteiger partial charge in [0.25, 0.3) is 0 Å². The van der Waals surface area contributed by atoms with Crippen LogP contribution >= 0.6 is 0 Å². The normalized spacial score (nSPS) is 16.3. The van der Waals surface area contributed by atoms with Gasteiger partial charge in [-0.2, -0.15) is 0 Å². The minimum absolute atomic E-state index is 0.0892. The Morgan fingerprint density at radius 3 is 1.53 bits per heavy atom. The predicted octanol–water partition coefficient (Wildman–Crippen LogP) is 1.31. The molecule has 108 valence electrons. The summed E-state index contributed by atoms with van der Waals surface area (Å²) >= 11 is 0. The fraction of sp³-hybridized carbons (Fsp3) is 0.733. The summed E-state index contributed by atoms with van der Waals surface area (Å²) < 4.78 is 10.2. The second kappa shape index (κ2) is 8.96. The van der Waals surface area contributed by atoms with Crippen LogP contribution in [-0.2, 0) is 9.47 Å². The molecule has 0 saturated carbocycles. The minimum atomic E-state index is -0.957. The third-order valence-corrected chi connectivity index (χ3v) is 2.61. The smallest absolute Gasteiger partial charge is 0.149 e. The summed E-state index contributed by atoms with van der Waals surface area (Å²) in [5.74, 6) is 10.8. The van der Waals surface area contributed by atoms with Crippen molar-refractivity contribution in [3.63, 3.8) is 0 Å². The van der Waals surface area contributed by atoms with Crippen molar-refractivity contribution < 1.29 is 19.7 Å². The molecule has 19 heavy (non-hydrogen) atoms. The Kier molecular flexibility index (Phi) is 8.47. The molecule has 0 aromatic carbocycles. The van der Waals surface area contributed by atoms with Crippen LogP contribution in [0.2, 0.25) is 0 Å². The zero-order chi connectivity index (χ0) is 14.8. The zero-order valence-electron chi connectivity index (χ0n) is 12.2. The SMILES string of the molecule is CCC(C)(O)C#CCOCOCC#CC(C)(O)CC. The number of ether oxygens (including phenoxy) is 2. The van der Waals surface area contributed by atoms with Gasteiger partial charge < -0.3 is 19.7 Å². The van der Waals surface area contributed by atoms with Crippen LogP contribution in [0, 0.1) is 23.7 Å². The van der Waals surface area contributed by atoms with E-state index in [9.17, 15) is 10.2 Å². The van der Waals surface area contributed by atoms with Gasteiger partial charge in [0, 0.05) is 0 Å². The molecule has 0 aliphatic heterocycles. The lowest BCUT2D eigenvalue weighted by atomic mass is 10.1. The summed E-state index contributed by atoms with van der Waals surface area (Å²) in [4.78, 5) is 0. The lowest BCUT2D eigenvalue weighted by molar-refractivity contribution is -0.0297. The fourth-order valence-corrected chi connectivity index (χ4v) is 0.874. The molecule has 0 aromatic heterocycles. The number of rotatable bonds is 6. The van der Waals surface area contributed by atoms with Gasteiger partial charge in [0.2, 0.25) is 0 Å². The summed E-state index contributed by atoms with van der Waals surface area (Å²) in [5, 5.41) is 19.2. The Hall–Kier alpha value is -1.04. The molecule has 4 heteroatoms. The molecular formula is C15H24O4. The van der Waals surface area contributed by atoms with Gasteiger partial charge in [-0.1, -0.05) is 37.5 Å². The van der Waals surface area contributed by atoms with Crippen molar-refractivity contribution in [1.29, 1.82) is 0 Å². The highest BCUT2D eigenvalue weighted by atomic mass is 16.7. The maximum Gasteiger partial charge on any atom is 0.149 e. The topological polar surface area (TPSA) is 58.9 Å². The van der Waals surface area contributed by atoms with Crippen LogP contribution in [0.25, 0.3) is 0 Å². The first-order valence-electron chi connectivity index (χ1n) is 6.43. The Balaban J connectivity index is 3.68. The molecule has 0 aliphatic carbocycles. The predicted molar refractivity (Wildman–Crippen MR) is 74.2 cm³/mol. The van der Waals surface area contributed by atoms with Crippen LogP contribution in [0.1, 0.15) is 40.5 Å². The van der Waals surface area contributed by atoms with Crippen molar-refractivity contribution in [3.05, 3.63) is 0 Å². The van der Waals surface area contributed by atoms with Gasteiger partial charge in [-0.3, -0.25) is 0 Å². The van der Waals surface area contributed by atoms with Crippen molar-refractivity contribution in [2.75, 3.05) is 20.0 Å². The number of aliphatic hydroxyl groups is 2. The van der Waals surface area contributed by atoms with E-state index >= 15 is 0 Å². The molecule has 0 radical (unpaired) electrons. The van der Waals surface area contributed by atoms with E-state index in [1.807, 2.05) is 13.8 Å². The first kappa shape index (κ1) is 18.0. The zero-order valence-corrected chi connectivity index (χ0v) is 12.2. The van der Waals surface area contributed by atoms with E-state index in [0.29, 0.717) is 12.8 Å². The number of hydrogen-bond acceptors (Lipinski definition) is 4. The van der Waals surface area contributed by atoms with Crippen molar-refractivity contribution in [1.82, 2.24) is 0 Å².